The highest BCUT2D eigenvalue weighted by molar-refractivity contribution is 6.35. The monoisotopic (exact) mass is 441 g/mol. The minimum absolute atomic E-state index is 0.251. The minimum Gasteiger partial charge on any atom is -0.324 e. The maximum atomic E-state index is 13.0. The van der Waals surface area contributed by atoms with E-state index in [0.29, 0.717) is 16.3 Å². The molecular formula is C22H17Cl2N3O3. The highest BCUT2D eigenvalue weighted by atomic mass is 35.5. The lowest BCUT2D eigenvalue weighted by atomic mass is 9.92. The lowest BCUT2D eigenvalue weighted by molar-refractivity contribution is -0.133. The van der Waals surface area contributed by atoms with E-state index in [1.165, 1.54) is 6.07 Å². The van der Waals surface area contributed by atoms with Crippen LogP contribution < -0.4 is 10.6 Å². The van der Waals surface area contributed by atoms with Crippen LogP contribution in [0.15, 0.2) is 60.7 Å². The van der Waals surface area contributed by atoms with Gasteiger partial charge in [0.25, 0.3) is 5.91 Å². The first kappa shape index (κ1) is 20.2. The summed E-state index contributed by atoms with van der Waals surface area (Å²) in [6.45, 7) is 1.12. The molecule has 0 saturated carbocycles. The fourth-order valence-corrected chi connectivity index (χ4v) is 4.18. The molecule has 0 bridgehead atoms. The van der Waals surface area contributed by atoms with Crippen LogP contribution in [0.5, 0.6) is 0 Å². The van der Waals surface area contributed by atoms with Gasteiger partial charge in [-0.3, -0.25) is 14.5 Å². The molecule has 0 unspecified atom stereocenters. The Morgan fingerprint density at radius 3 is 2.57 bits per heavy atom. The molecule has 1 atom stereocenters. The van der Waals surface area contributed by atoms with Gasteiger partial charge in [-0.25, -0.2) is 4.79 Å². The molecule has 1 fully saturated rings. The Morgan fingerprint density at radius 1 is 1.07 bits per heavy atom. The molecule has 8 heteroatoms. The SMILES string of the molecule is C[C@]1(c2ccc(Cl)cc2Cl)NC(=O)N(CC(=O)Nc2cccc3ccccc23)C1=O. The Kier molecular flexibility index (Phi) is 5.13. The Bertz CT molecular complexity index is 1190. The summed E-state index contributed by atoms with van der Waals surface area (Å²) in [5.41, 5.74) is -0.379. The van der Waals surface area contributed by atoms with E-state index in [9.17, 15) is 14.4 Å². The molecule has 30 heavy (non-hydrogen) atoms. The van der Waals surface area contributed by atoms with E-state index in [4.69, 9.17) is 23.2 Å². The summed E-state index contributed by atoms with van der Waals surface area (Å²) in [5, 5.41) is 7.91. The third kappa shape index (κ3) is 3.49. The highest BCUT2D eigenvalue weighted by Gasteiger charge is 2.50. The molecule has 152 valence electrons. The number of imide groups is 1. The van der Waals surface area contributed by atoms with Crippen molar-refractivity contribution in [1.82, 2.24) is 10.2 Å². The fraction of sp³-hybridized carbons (Fsp3) is 0.136. The molecule has 1 aliphatic heterocycles. The van der Waals surface area contributed by atoms with Gasteiger partial charge in [0.2, 0.25) is 5.91 Å². The van der Waals surface area contributed by atoms with Crippen molar-refractivity contribution < 1.29 is 14.4 Å². The molecule has 4 amide bonds. The summed E-state index contributed by atoms with van der Waals surface area (Å²) in [6, 6.07) is 17.1. The number of fused-ring (bicyclic) bond motifs is 1. The number of carbonyl (C=O) groups is 3. The fourth-order valence-electron chi connectivity index (χ4n) is 3.59. The Morgan fingerprint density at radius 2 is 1.80 bits per heavy atom. The van der Waals surface area contributed by atoms with Gasteiger partial charge in [0.15, 0.2) is 0 Å². The summed E-state index contributed by atoms with van der Waals surface area (Å²) in [6.07, 6.45) is 0. The van der Waals surface area contributed by atoms with E-state index >= 15 is 0 Å². The van der Waals surface area contributed by atoms with Crippen LogP contribution in [0.2, 0.25) is 10.0 Å². The average Bonchev–Trinajstić information content (AvgIpc) is 2.92. The van der Waals surface area contributed by atoms with Crippen LogP contribution in [0.25, 0.3) is 10.8 Å². The van der Waals surface area contributed by atoms with Crippen LogP contribution in [0, 0.1) is 0 Å². The number of urea groups is 1. The lowest BCUT2D eigenvalue weighted by Gasteiger charge is -2.23. The number of nitrogens with zero attached hydrogens (tertiary/aromatic N) is 1. The average molecular weight is 442 g/mol. The predicted octanol–water partition coefficient (Wildman–Crippen LogP) is 4.55. The second-order valence-electron chi connectivity index (χ2n) is 7.15. The van der Waals surface area contributed by atoms with Gasteiger partial charge in [-0.15, -0.1) is 0 Å². The second-order valence-corrected chi connectivity index (χ2v) is 7.99. The smallest absolute Gasteiger partial charge is 0.324 e. The van der Waals surface area contributed by atoms with Crippen LogP contribution >= 0.6 is 23.2 Å². The predicted molar refractivity (Wildman–Crippen MR) is 117 cm³/mol. The number of hydrogen-bond donors (Lipinski definition) is 2. The zero-order valence-corrected chi connectivity index (χ0v) is 17.4. The van der Waals surface area contributed by atoms with Gasteiger partial charge in [-0.05, 0) is 30.5 Å². The van der Waals surface area contributed by atoms with Crippen LogP contribution in [-0.4, -0.2) is 29.3 Å². The van der Waals surface area contributed by atoms with E-state index < -0.39 is 29.9 Å². The van der Waals surface area contributed by atoms with Crippen molar-refractivity contribution in [3.63, 3.8) is 0 Å². The van der Waals surface area contributed by atoms with Gasteiger partial charge in [-0.2, -0.15) is 0 Å². The van der Waals surface area contributed by atoms with Gasteiger partial charge in [0, 0.05) is 26.7 Å². The maximum Gasteiger partial charge on any atom is 0.325 e. The van der Waals surface area contributed by atoms with E-state index in [1.807, 2.05) is 36.4 Å². The van der Waals surface area contributed by atoms with Crippen molar-refractivity contribution in [3.8, 4) is 0 Å². The van der Waals surface area contributed by atoms with Crippen molar-refractivity contribution in [2.24, 2.45) is 0 Å². The van der Waals surface area contributed by atoms with Crippen LogP contribution in [0.3, 0.4) is 0 Å². The van der Waals surface area contributed by atoms with Crippen LogP contribution in [0.4, 0.5) is 10.5 Å². The van der Waals surface area contributed by atoms with Crippen molar-refractivity contribution in [2.45, 2.75) is 12.5 Å². The third-order valence-electron chi connectivity index (χ3n) is 5.11. The Labute approximate surface area is 182 Å². The minimum atomic E-state index is -1.39. The summed E-state index contributed by atoms with van der Waals surface area (Å²) in [4.78, 5) is 39.1. The van der Waals surface area contributed by atoms with Crippen molar-refractivity contribution >= 4 is 57.5 Å². The number of nitrogens with one attached hydrogen (secondary N) is 2. The lowest BCUT2D eigenvalue weighted by Crippen LogP contribution is -2.42. The number of anilines is 1. The van der Waals surface area contributed by atoms with Gasteiger partial charge >= 0.3 is 6.03 Å². The molecule has 6 nitrogen and oxygen atoms in total. The maximum absolute atomic E-state index is 13.0. The van der Waals surface area contributed by atoms with Crippen LogP contribution in [0.1, 0.15) is 12.5 Å². The Hall–Kier alpha value is -3.09. The first-order valence-electron chi connectivity index (χ1n) is 9.17. The number of halogens is 2. The molecule has 1 saturated heterocycles. The normalized spacial score (nSPS) is 18.6. The molecule has 0 aromatic heterocycles. The van der Waals surface area contributed by atoms with E-state index in [-0.39, 0.29) is 5.02 Å². The van der Waals surface area contributed by atoms with E-state index in [0.717, 1.165) is 15.7 Å². The molecule has 1 heterocycles. The number of rotatable bonds is 4. The van der Waals surface area contributed by atoms with Crippen molar-refractivity contribution in [3.05, 3.63) is 76.3 Å². The highest BCUT2D eigenvalue weighted by Crippen LogP contribution is 2.35. The molecule has 0 radical (unpaired) electrons. The van der Waals surface area contributed by atoms with Gasteiger partial charge in [-0.1, -0.05) is 65.7 Å². The van der Waals surface area contributed by atoms with Gasteiger partial charge in [0.05, 0.1) is 0 Å². The molecular weight excluding hydrogens is 425 g/mol. The second kappa shape index (κ2) is 7.63. The summed E-state index contributed by atoms with van der Waals surface area (Å²) in [7, 11) is 0. The third-order valence-corrected chi connectivity index (χ3v) is 5.66. The van der Waals surface area contributed by atoms with E-state index in [2.05, 4.69) is 10.6 Å². The number of benzene rings is 3. The molecule has 4 rings (SSSR count). The number of amides is 4. The number of carbonyl (C=O) groups excluding carboxylic acids is 3. The first-order valence-corrected chi connectivity index (χ1v) is 9.92. The topological polar surface area (TPSA) is 78.5 Å². The first-order chi connectivity index (χ1) is 14.3. The summed E-state index contributed by atoms with van der Waals surface area (Å²) >= 11 is 12.2. The van der Waals surface area contributed by atoms with Gasteiger partial charge in [0.1, 0.15) is 12.1 Å². The number of hydrogen-bond acceptors (Lipinski definition) is 3. The molecule has 1 aliphatic rings. The molecule has 2 N–H and O–H groups in total. The standard InChI is InChI=1S/C22H17Cl2N3O3/c1-22(16-10-9-14(23)11-17(16)24)20(29)27(21(30)26-22)12-19(28)25-18-8-4-6-13-5-2-3-7-15(13)18/h2-11H,12H2,1H3,(H,25,28)(H,26,30)/t22-/m1/s1. The largest absolute Gasteiger partial charge is 0.325 e. The molecule has 0 aliphatic carbocycles. The van der Waals surface area contributed by atoms with E-state index in [1.54, 1.807) is 25.1 Å². The summed E-state index contributed by atoms with van der Waals surface area (Å²) in [5.74, 6) is -1.05. The van der Waals surface area contributed by atoms with Crippen LogP contribution in [-0.2, 0) is 15.1 Å². The Balaban J connectivity index is 1.55. The van der Waals surface area contributed by atoms with Crippen molar-refractivity contribution in [1.29, 1.82) is 0 Å². The zero-order valence-electron chi connectivity index (χ0n) is 15.9. The quantitative estimate of drug-likeness (QED) is 0.582. The molecule has 3 aromatic rings. The molecule has 3 aromatic carbocycles. The van der Waals surface area contributed by atoms with Gasteiger partial charge < -0.3 is 10.6 Å². The van der Waals surface area contributed by atoms with Crippen molar-refractivity contribution in [2.75, 3.05) is 11.9 Å². The zero-order chi connectivity index (χ0) is 21.5. The molecule has 0 spiro atoms. The summed E-state index contributed by atoms with van der Waals surface area (Å²) < 4.78 is 0.